The van der Waals surface area contributed by atoms with E-state index in [1.807, 2.05) is 26.0 Å². The number of methoxy groups -OCH3 is 1. The van der Waals surface area contributed by atoms with Crippen molar-refractivity contribution in [2.75, 3.05) is 7.11 Å². The van der Waals surface area contributed by atoms with Crippen molar-refractivity contribution in [3.63, 3.8) is 0 Å². The Labute approximate surface area is 189 Å². The van der Waals surface area contributed by atoms with Gasteiger partial charge in [-0.3, -0.25) is 4.99 Å². The summed E-state index contributed by atoms with van der Waals surface area (Å²) in [5.74, 6) is 0.306. The molecule has 0 bridgehead atoms. The molecule has 5 nitrogen and oxygen atoms in total. The molecule has 156 valence electrons. The van der Waals surface area contributed by atoms with Crippen LogP contribution in [0.4, 0.5) is 5.69 Å². The lowest BCUT2D eigenvalue weighted by molar-refractivity contribution is 0.389. The Kier molecular flexibility index (Phi) is 6.85. The van der Waals surface area contributed by atoms with E-state index >= 15 is 0 Å². The van der Waals surface area contributed by atoms with Gasteiger partial charge in [-0.05, 0) is 83.4 Å². The Balaban J connectivity index is 1.92. The number of nitrogens with zero attached hydrogens (tertiary/aromatic N) is 1. The SMILES string of the molecule is COc1cc(C=Nc2ccc(C)cc2C)cc(Br)c1OS(=O)(=O)c1ccc(Cl)cc1. The van der Waals surface area contributed by atoms with Gasteiger partial charge in [0.25, 0.3) is 0 Å². The van der Waals surface area contributed by atoms with Crippen LogP contribution in [0.1, 0.15) is 16.7 Å². The summed E-state index contributed by atoms with van der Waals surface area (Å²) in [7, 11) is -2.63. The molecule has 3 rings (SSSR count). The van der Waals surface area contributed by atoms with Gasteiger partial charge in [-0.25, -0.2) is 0 Å². The highest BCUT2D eigenvalue weighted by molar-refractivity contribution is 9.10. The van der Waals surface area contributed by atoms with Crippen LogP contribution in [-0.4, -0.2) is 21.7 Å². The van der Waals surface area contributed by atoms with Crippen molar-refractivity contribution in [2.45, 2.75) is 18.7 Å². The number of aryl methyl sites for hydroxylation is 2. The molecule has 8 heteroatoms. The van der Waals surface area contributed by atoms with Crippen LogP contribution in [0, 0.1) is 13.8 Å². The molecule has 0 fully saturated rings. The lowest BCUT2D eigenvalue weighted by atomic mass is 10.1. The summed E-state index contributed by atoms with van der Waals surface area (Å²) in [4.78, 5) is 4.51. The first kappa shape index (κ1) is 22.3. The molecule has 0 N–H and O–H groups in total. The minimum atomic E-state index is -4.07. The lowest BCUT2D eigenvalue weighted by Gasteiger charge is -2.13. The summed E-state index contributed by atoms with van der Waals surface area (Å²) in [5.41, 5.74) is 3.79. The van der Waals surface area contributed by atoms with Crippen molar-refractivity contribution in [1.29, 1.82) is 0 Å². The predicted octanol–water partition coefficient (Wildman–Crippen LogP) is 6.25. The number of rotatable bonds is 6. The molecule has 0 aromatic heterocycles. The molecular weight excluding hydrogens is 490 g/mol. The second kappa shape index (κ2) is 9.20. The number of benzene rings is 3. The van der Waals surface area contributed by atoms with E-state index in [4.69, 9.17) is 20.5 Å². The van der Waals surface area contributed by atoms with Crippen molar-refractivity contribution in [1.82, 2.24) is 0 Å². The number of hydrogen-bond donors (Lipinski definition) is 0. The van der Waals surface area contributed by atoms with Crippen molar-refractivity contribution in [3.8, 4) is 11.5 Å². The summed E-state index contributed by atoms with van der Waals surface area (Å²) in [6.45, 7) is 4.02. The topological polar surface area (TPSA) is 65.0 Å². The van der Waals surface area contributed by atoms with E-state index in [2.05, 4.69) is 27.0 Å². The van der Waals surface area contributed by atoms with E-state index in [0.717, 1.165) is 16.8 Å². The Morgan fingerprint density at radius 3 is 2.37 bits per heavy atom. The highest BCUT2D eigenvalue weighted by Crippen LogP contribution is 2.38. The minimum absolute atomic E-state index is 0.0126. The molecule has 0 heterocycles. The van der Waals surface area contributed by atoms with Crippen molar-refractivity contribution < 1.29 is 17.3 Å². The number of aliphatic imine (C=N–C) groups is 1. The normalized spacial score (nSPS) is 11.6. The molecule has 0 aliphatic rings. The second-order valence-corrected chi connectivity index (χ2v) is 9.41. The van der Waals surface area contributed by atoms with E-state index < -0.39 is 10.1 Å². The van der Waals surface area contributed by atoms with E-state index in [0.29, 0.717) is 9.50 Å². The molecular formula is C22H19BrClNO4S. The quantitative estimate of drug-likeness (QED) is 0.292. The molecule has 0 saturated heterocycles. The van der Waals surface area contributed by atoms with Crippen LogP contribution in [0.5, 0.6) is 11.5 Å². The highest BCUT2D eigenvalue weighted by atomic mass is 79.9. The minimum Gasteiger partial charge on any atom is -0.493 e. The first-order valence-electron chi connectivity index (χ1n) is 8.88. The summed E-state index contributed by atoms with van der Waals surface area (Å²) in [6.07, 6.45) is 1.68. The molecule has 30 heavy (non-hydrogen) atoms. The van der Waals surface area contributed by atoms with Gasteiger partial charge in [0.05, 0.1) is 17.3 Å². The summed E-state index contributed by atoms with van der Waals surface area (Å²) < 4.78 is 36.4. The van der Waals surface area contributed by atoms with Crippen LogP contribution in [0.25, 0.3) is 0 Å². The molecule has 0 atom stereocenters. The Bertz CT molecular complexity index is 1210. The van der Waals surface area contributed by atoms with Crippen LogP contribution in [0.2, 0.25) is 5.02 Å². The molecule has 0 radical (unpaired) electrons. The monoisotopic (exact) mass is 507 g/mol. The maximum absolute atomic E-state index is 12.6. The van der Waals surface area contributed by atoms with Crippen LogP contribution in [0.15, 0.2) is 69.0 Å². The van der Waals surface area contributed by atoms with E-state index in [-0.39, 0.29) is 16.4 Å². The fraction of sp³-hybridized carbons (Fsp3) is 0.136. The van der Waals surface area contributed by atoms with Gasteiger partial charge in [0.15, 0.2) is 11.5 Å². The maximum atomic E-state index is 12.6. The van der Waals surface area contributed by atoms with Crippen LogP contribution < -0.4 is 8.92 Å². The van der Waals surface area contributed by atoms with Gasteiger partial charge in [-0.2, -0.15) is 8.42 Å². The van der Waals surface area contributed by atoms with Crippen LogP contribution in [-0.2, 0) is 10.1 Å². The average Bonchev–Trinajstić information content (AvgIpc) is 2.69. The standard InChI is InChI=1S/C22H19BrClNO4S/c1-14-4-9-20(15(2)10-14)25-13-16-11-19(23)22(21(12-16)28-3)29-30(26,27)18-7-5-17(24)6-8-18/h4-13H,1-3H3. The van der Waals surface area contributed by atoms with Crippen molar-refractivity contribution in [3.05, 3.63) is 80.8 Å². The van der Waals surface area contributed by atoms with E-state index in [1.54, 1.807) is 18.3 Å². The van der Waals surface area contributed by atoms with Gasteiger partial charge < -0.3 is 8.92 Å². The zero-order valence-electron chi connectivity index (χ0n) is 16.5. The van der Waals surface area contributed by atoms with E-state index in [1.165, 1.54) is 36.9 Å². The largest absolute Gasteiger partial charge is 0.493 e. The first-order chi connectivity index (χ1) is 14.2. The maximum Gasteiger partial charge on any atom is 0.339 e. The van der Waals surface area contributed by atoms with E-state index in [9.17, 15) is 8.42 Å². The molecule has 0 amide bonds. The number of hydrogen-bond acceptors (Lipinski definition) is 5. The molecule has 0 aliphatic heterocycles. The van der Waals surface area contributed by atoms with Crippen LogP contribution >= 0.6 is 27.5 Å². The smallest absolute Gasteiger partial charge is 0.339 e. The molecule has 0 spiro atoms. The molecule has 0 unspecified atom stereocenters. The molecule has 3 aromatic rings. The van der Waals surface area contributed by atoms with Gasteiger partial charge in [0, 0.05) is 11.2 Å². The summed E-state index contributed by atoms with van der Waals surface area (Å²) in [5, 5.41) is 0.431. The summed E-state index contributed by atoms with van der Waals surface area (Å²) >= 11 is 9.20. The first-order valence-corrected chi connectivity index (χ1v) is 11.5. The third-order valence-corrected chi connectivity index (χ3v) is 6.33. The average molecular weight is 509 g/mol. The zero-order chi connectivity index (χ0) is 21.9. The van der Waals surface area contributed by atoms with Crippen molar-refractivity contribution in [2.24, 2.45) is 4.99 Å². The fourth-order valence-corrected chi connectivity index (χ4v) is 4.48. The molecule has 0 aliphatic carbocycles. The van der Waals surface area contributed by atoms with Gasteiger partial charge in [-0.1, -0.05) is 29.3 Å². The lowest BCUT2D eigenvalue weighted by Crippen LogP contribution is -2.11. The van der Waals surface area contributed by atoms with Crippen LogP contribution in [0.3, 0.4) is 0 Å². The third kappa shape index (κ3) is 5.22. The second-order valence-electron chi connectivity index (χ2n) is 6.57. The Morgan fingerprint density at radius 1 is 1.03 bits per heavy atom. The third-order valence-electron chi connectivity index (χ3n) is 4.25. The van der Waals surface area contributed by atoms with Gasteiger partial charge in [-0.15, -0.1) is 0 Å². The van der Waals surface area contributed by atoms with Gasteiger partial charge >= 0.3 is 10.1 Å². The van der Waals surface area contributed by atoms with Gasteiger partial charge in [0.2, 0.25) is 0 Å². The molecule has 0 saturated carbocycles. The number of halogens is 2. The van der Waals surface area contributed by atoms with Crippen molar-refractivity contribution >= 4 is 49.6 Å². The Hall–Kier alpha value is -2.35. The molecule has 3 aromatic carbocycles. The Morgan fingerprint density at radius 2 is 1.73 bits per heavy atom. The highest BCUT2D eigenvalue weighted by Gasteiger charge is 2.22. The number of ether oxygens (including phenoxy) is 1. The summed E-state index contributed by atoms with van der Waals surface area (Å²) in [6, 6.07) is 15.1. The van der Waals surface area contributed by atoms with Gasteiger partial charge in [0.1, 0.15) is 4.90 Å². The predicted molar refractivity (Wildman–Crippen MR) is 123 cm³/mol. The zero-order valence-corrected chi connectivity index (χ0v) is 19.7. The fourth-order valence-electron chi connectivity index (χ4n) is 2.75.